The number of carbonyl (C=O) groups is 1. The van der Waals surface area contributed by atoms with Gasteiger partial charge in [-0.3, -0.25) is 9.69 Å². The second kappa shape index (κ2) is 6.26. The van der Waals surface area contributed by atoms with Gasteiger partial charge in [-0.15, -0.1) is 0 Å². The number of ether oxygens (including phenoxy) is 1. The van der Waals surface area contributed by atoms with Crippen molar-refractivity contribution >= 4 is 5.91 Å². The Hall–Kier alpha value is -1.59. The average Bonchev–Trinajstić information content (AvgIpc) is 3.31. The molecule has 1 heterocycles. The zero-order valence-electron chi connectivity index (χ0n) is 12.8. The molecule has 2 aliphatic rings. The first kappa shape index (κ1) is 15.3. The molecule has 1 aromatic carbocycles. The van der Waals surface area contributed by atoms with Crippen molar-refractivity contribution in [1.82, 2.24) is 4.90 Å². The number of aliphatic hydroxyl groups is 1. The van der Waals surface area contributed by atoms with E-state index in [1.807, 2.05) is 24.3 Å². The highest BCUT2D eigenvalue weighted by Gasteiger charge is 2.38. The number of nitrogens with two attached hydrogens (primary N) is 1. The minimum absolute atomic E-state index is 0.308. The van der Waals surface area contributed by atoms with Crippen molar-refractivity contribution < 1.29 is 14.6 Å². The highest BCUT2D eigenvalue weighted by molar-refractivity contribution is 5.83. The summed E-state index contributed by atoms with van der Waals surface area (Å²) >= 11 is 0. The first-order valence-corrected chi connectivity index (χ1v) is 8.01. The zero-order valence-corrected chi connectivity index (χ0v) is 12.8. The Morgan fingerprint density at radius 2 is 2.09 bits per heavy atom. The fourth-order valence-corrected chi connectivity index (χ4v) is 2.91. The molecular weight excluding hydrogens is 280 g/mol. The number of piperidine rings is 1. The predicted octanol–water partition coefficient (Wildman–Crippen LogP) is 1.29. The van der Waals surface area contributed by atoms with Crippen LogP contribution in [-0.4, -0.2) is 41.2 Å². The van der Waals surface area contributed by atoms with E-state index in [0.29, 0.717) is 19.5 Å². The van der Waals surface area contributed by atoms with Crippen molar-refractivity contribution in [2.75, 3.05) is 19.7 Å². The number of hydrogen-bond acceptors (Lipinski definition) is 4. The van der Waals surface area contributed by atoms with E-state index in [-0.39, 0.29) is 0 Å². The van der Waals surface area contributed by atoms with Gasteiger partial charge >= 0.3 is 0 Å². The molecule has 1 aliphatic carbocycles. The number of amides is 1. The van der Waals surface area contributed by atoms with E-state index < -0.39 is 11.5 Å². The number of hydrogen-bond donors (Lipinski definition) is 2. The molecule has 2 fully saturated rings. The summed E-state index contributed by atoms with van der Waals surface area (Å²) in [4.78, 5) is 13.5. The summed E-state index contributed by atoms with van der Waals surface area (Å²) in [5.74, 6) is 1.03. The fourth-order valence-electron chi connectivity index (χ4n) is 2.91. The summed E-state index contributed by atoms with van der Waals surface area (Å²) in [6, 6.07) is 8.06. The van der Waals surface area contributed by atoms with Crippen LogP contribution in [-0.2, 0) is 11.3 Å². The molecule has 1 unspecified atom stereocenters. The quantitative estimate of drug-likeness (QED) is 0.830. The predicted molar refractivity (Wildman–Crippen MR) is 83.3 cm³/mol. The van der Waals surface area contributed by atoms with Gasteiger partial charge < -0.3 is 15.6 Å². The van der Waals surface area contributed by atoms with E-state index in [9.17, 15) is 9.90 Å². The summed E-state index contributed by atoms with van der Waals surface area (Å²) in [5.41, 5.74) is 5.07. The standard InChI is InChI=1S/C17H24N2O3/c18-16(20)17(21)8-1-9-19(12-17)10-13-4-6-15(7-5-13)22-11-14-2-3-14/h4-7,14,21H,1-3,8-12H2,(H2,18,20). The Morgan fingerprint density at radius 1 is 1.36 bits per heavy atom. The van der Waals surface area contributed by atoms with E-state index >= 15 is 0 Å². The lowest BCUT2D eigenvalue weighted by Crippen LogP contribution is -2.55. The van der Waals surface area contributed by atoms with Gasteiger partial charge in [-0.25, -0.2) is 0 Å². The zero-order chi connectivity index (χ0) is 15.6. The molecule has 1 amide bonds. The van der Waals surface area contributed by atoms with Crippen LogP contribution in [0.5, 0.6) is 5.75 Å². The Bertz CT molecular complexity index is 527. The number of likely N-dealkylation sites (tertiary alicyclic amines) is 1. The molecule has 5 nitrogen and oxygen atoms in total. The molecule has 1 aromatic rings. The van der Waals surface area contributed by atoms with E-state index in [1.54, 1.807) is 0 Å². The van der Waals surface area contributed by atoms with Crippen LogP contribution in [0.1, 0.15) is 31.2 Å². The third-order valence-electron chi connectivity index (χ3n) is 4.52. The molecule has 0 spiro atoms. The van der Waals surface area contributed by atoms with Crippen molar-refractivity contribution in [1.29, 1.82) is 0 Å². The molecule has 0 bridgehead atoms. The van der Waals surface area contributed by atoms with Crippen molar-refractivity contribution in [3.63, 3.8) is 0 Å². The minimum atomic E-state index is -1.38. The molecular formula is C17H24N2O3. The third-order valence-corrected chi connectivity index (χ3v) is 4.52. The largest absolute Gasteiger partial charge is 0.493 e. The first-order chi connectivity index (χ1) is 10.5. The van der Waals surface area contributed by atoms with Crippen molar-refractivity contribution in [2.45, 2.75) is 37.8 Å². The molecule has 22 heavy (non-hydrogen) atoms. The Balaban J connectivity index is 1.54. The van der Waals surface area contributed by atoms with Crippen LogP contribution in [0.3, 0.4) is 0 Å². The van der Waals surface area contributed by atoms with E-state index in [4.69, 9.17) is 10.5 Å². The normalized spacial score (nSPS) is 25.9. The average molecular weight is 304 g/mol. The van der Waals surface area contributed by atoms with Crippen LogP contribution < -0.4 is 10.5 Å². The summed E-state index contributed by atoms with van der Waals surface area (Å²) in [6.45, 7) is 2.70. The number of β-amino-alcohol motifs (C(OH)–C–C–N with tert-alkyl or cyclic N) is 1. The smallest absolute Gasteiger partial charge is 0.250 e. The van der Waals surface area contributed by atoms with Gasteiger partial charge in [0.25, 0.3) is 5.91 Å². The van der Waals surface area contributed by atoms with Gasteiger partial charge in [-0.1, -0.05) is 12.1 Å². The Labute approximate surface area is 131 Å². The van der Waals surface area contributed by atoms with Crippen molar-refractivity contribution in [2.24, 2.45) is 11.7 Å². The molecule has 0 aromatic heterocycles. The molecule has 3 N–H and O–H groups in total. The summed E-state index contributed by atoms with van der Waals surface area (Å²) in [5, 5.41) is 10.2. The number of benzene rings is 1. The topological polar surface area (TPSA) is 75.8 Å². The Kier molecular flexibility index (Phi) is 4.36. The lowest BCUT2D eigenvalue weighted by molar-refractivity contribution is -0.142. The maximum atomic E-state index is 11.4. The molecule has 120 valence electrons. The second-order valence-corrected chi connectivity index (χ2v) is 6.61. The molecule has 1 saturated heterocycles. The lowest BCUT2D eigenvalue weighted by atomic mass is 9.92. The van der Waals surface area contributed by atoms with Gasteiger partial charge in [0.1, 0.15) is 5.75 Å². The monoisotopic (exact) mass is 304 g/mol. The Morgan fingerprint density at radius 3 is 2.73 bits per heavy atom. The van der Waals surface area contributed by atoms with Crippen LogP contribution in [0, 0.1) is 5.92 Å². The van der Waals surface area contributed by atoms with Crippen LogP contribution in [0.25, 0.3) is 0 Å². The van der Waals surface area contributed by atoms with Gasteiger partial charge in [0.05, 0.1) is 6.61 Å². The van der Waals surface area contributed by atoms with Gasteiger partial charge in [-0.05, 0) is 55.8 Å². The van der Waals surface area contributed by atoms with Gasteiger partial charge in [-0.2, -0.15) is 0 Å². The summed E-state index contributed by atoms with van der Waals surface area (Å²) in [6.07, 6.45) is 3.81. The van der Waals surface area contributed by atoms with Gasteiger partial charge in [0, 0.05) is 13.1 Å². The highest BCUT2D eigenvalue weighted by Crippen LogP contribution is 2.29. The van der Waals surface area contributed by atoms with E-state index in [0.717, 1.165) is 36.8 Å². The van der Waals surface area contributed by atoms with Crippen molar-refractivity contribution in [3.8, 4) is 5.75 Å². The summed E-state index contributed by atoms with van der Waals surface area (Å²) in [7, 11) is 0. The second-order valence-electron chi connectivity index (χ2n) is 6.61. The molecule has 3 rings (SSSR count). The summed E-state index contributed by atoms with van der Waals surface area (Å²) < 4.78 is 5.72. The maximum absolute atomic E-state index is 11.4. The van der Waals surface area contributed by atoms with Crippen LogP contribution in [0.15, 0.2) is 24.3 Å². The van der Waals surface area contributed by atoms with Crippen LogP contribution >= 0.6 is 0 Å². The van der Waals surface area contributed by atoms with Crippen molar-refractivity contribution in [3.05, 3.63) is 29.8 Å². The van der Waals surface area contributed by atoms with Crippen LogP contribution in [0.4, 0.5) is 0 Å². The third kappa shape index (κ3) is 3.78. The minimum Gasteiger partial charge on any atom is -0.493 e. The van der Waals surface area contributed by atoms with Gasteiger partial charge in [0.15, 0.2) is 5.60 Å². The fraction of sp³-hybridized carbons (Fsp3) is 0.588. The first-order valence-electron chi connectivity index (χ1n) is 8.01. The van der Waals surface area contributed by atoms with Crippen LogP contribution in [0.2, 0.25) is 0 Å². The van der Waals surface area contributed by atoms with Gasteiger partial charge in [0.2, 0.25) is 0 Å². The SMILES string of the molecule is NC(=O)C1(O)CCCN(Cc2ccc(OCC3CC3)cc2)C1. The molecule has 5 heteroatoms. The number of nitrogens with zero attached hydrogens (tertiary/aromatic N) is 1. The molecule has 0 radical (unpaired) electrons. The number of primary amides is 1. The molecule has 1 atom stereocenters. The lowest BCUT2D eigenvalue weighted by Gasteiger charge is -2.37. The molecule has 1 aliphatic heterocycles. The number of carbonyl (C=O) groups excluding carboxylic acids is 1. The van der Waals surface area contributed by atoms with E-state index in [2.05, 4.69) is 4.90 Å². The van der Waals surface area contributed by atoms with E-state index in [1.165, 1.54) is 12.8 Å². The maximum Gasteiger partial charge on any atom is 0.250 e. The highest BCUT2D eigenvalue weighted by atomic mass is 16.5. The molecule has 1 saturated carbocycles. The number of rotatable bonds is 6.